The normalized spacial score (nSPS) is 12.3. The summed E-state index contributed by atoms with van der Waals surface area (Å²) in [6, 6.07) is 3.94. The van der Waals surface area contributed by atoms with E-state index in [-0.39, 0.29) is 5.92 Å². The van der Waals surface area contributed by atoms with Gasteiger partial charge in [0.25, 0.3) is 0 Å². The van der Waals surface area contributed by atoms with Crippen molar-refractivity contribution < 1.29 is 9.90 Å². The molecule has 1 heterocycles. The van der Waals surface area contributed by atoms with Gasteiger partial charge in [0.15, 0.2) is 0 Å². The third-order valence-electron chi connectivity index (χ3n) is 2.73. The van der Waals surface area contributed by atoms with Crippen LogP contribution in [0.25, 0.3) is 0 Å². The summed E-state index contributed by atoms with van der Waals surface area (Å²) in [6.45, 7) is 2.02. The van der Waals surface area contributed by atoms with Gasteiger partial charge < -0.3 is 5.11 Å². The molecule has 0 amide bonds. The first kappa shape index (κ1) is 12.7. The molecule has 0 aliphatic rings. The van der Waals surface area contributed by atoms with Gasteiger partial charge in [-0.05, 0) is 37.3 Å². The van der Waals surface area contributed by atoms with Crippen LogP contribution in [0.2, 0.25) is 0 Å². The summed E-state index contributed by atoms with van der Waals surface area (Å²) in [5, 5.41) is 8.99. The van der Waals surface area contributed by atoms with Gasteiger partial charge in [0.05, 0.1) is 5.92 Å². The zero-order valence-corrected chi connectivity index (χ0v) is 9.72. The van der Waals surface area contributed by atoms with Crippen molar-refractivity contribution in [2.75, 3.05) is 0 Å². The summed E-state index contributed by atoms with van der Waals surface area (Å²) in [6.07, 6.45) is 7.91. The molecule has 0 radical (unpaired) electrons. The fourth-order valence-electron chi connectivity index (χ4n) is 1.84. The zero-order chi connectivity index (χ0) is 11.8. The minimum absolute atomic E-state index is 0.179. The molecule has 1 atom stereocenters. The van der Waals surface area contributed by atoms with Crippen molar-refractivity contribution in [1.29, 1.82) is 0 Å². The van der Waals surface area contributed by atoms with Crippen molar-refractivity contribution in [3.05, 3.63) is 30.1 Å². The Labute approximate surface area is 96.5 Å². The average Bonchev–Trinajstić information content (AvgIpc) is 2.29. The van der Waals surface area contributed by atoms with Crippen LogP contribution in [-0.4, -0.2) is 16.1 Å². The van der Waals surface area contributed by atoms with E-state index in [1.807, 2.05) is 25.3 Å². The quantitative estimate of drug-likeness (QED) is 0.770. The van der Waals surface area contributed by atoms with Crippen molar-refractivity contribution in [3.8, 4) is 0 Å². The number of hydrogen-bond donors (Lipinski definition) is 1. The Bertz CT molecular complexity index is 311. The van der Waals surface area contributed by atoms with Gasteiger partial charge in [0, 0.05) is 12.4 Å². The van der Waals surface area contributed by atoms with Crippen LogP contribution in [0.1, 0.15) is 38.2 Å². The molecule has 0 aliphatic carbocycles. The van der Waals surface area contributed by atoms with E-state index in [2.05, 4.69) is 4.98 Å². The Morgan fingerprint density at radius 2 is 2.31 bits per heavy atom. The predicted octanol–water partition coefficient (Wildman–Crippen LogP) is 2.91. The maximum Gasteiger partial charge on any atom is 0.306 e. The van der Waals surface area contributed by atoms with Gasteiger partial charge in [-0.3, -0.25) is 9.78 Å². The molecular weight excluding hydrogens is 202 g/mol. The standard InChI is InChI=1S/C13H19NO2/c1-2-5-12(13(15)16)8-3-6-11-7-4-9-14-10-11/h4,7,9-10,12H,2-3,5-6,8H2,1H3,(H,15,16). The molecule has 0 aromatic carbocycles. The smallest absolute Gasteiger partial charge is 0.306 e. The van der Waals surface area contributed by atoms with Crippen LogP contribution in [0.4, 0.5) is 0 Å². The summed E-state index contributed by atoms with van der Waals surface area (Å²) in [4.78, 5) is 15.0. The molecule has 1 rings (SSSR count). The highest BCUT2D eigenvalue weighted by atomic mass is 16.4. The molecule has 1 unspecified atom stereocenters. The topological polar surface area (TPSA) is 50.2 Å². The minimum atomic E-state index is -0.659. The number of pyridine rings is 1. The van der Waals surface area contributed by atoms with Gasteiger partial charge in [-0.25, -0.2) is 0 Å². The molecule has 3 heteroatoms. The van der Waals surface area contributed by atoms with Crippen molar-refractivity contribution in [1.82, 2.24) is 4.98 Å². The molecule has 88 valence electrons. The molecule has 0 saturated carbocycles. The van der Waals surface area contributed by atoms with Crippen LogP contribution >= 0.6 is 0 Å². The van der Waals surface area contributed by atoms with Gasteiger partial charge >= 0.3 is 5.97 Å². The minimum Gasteiger partial charge on any atom is -0.481 e. The van der Waals surface area contributed by atoms with Crippen LogP contribution in [0, 0.1) is 5.92 Å². The molecule has 1 aromatic heterocycles. The number of aryl methyl sites for hydroxylation is 1. The summed E-state index contributed by atoms with van der Waals surface area (Å²) in [5.41, 5.74) is 1.18. The third kappa shape index (κ3) is 4.43. The van der Waals surface area contributed by atoms with E-state index in [4.69, 9.17) is 5.11 Å². The average molecular weight is 221 g/mol. The van der Waals surface area contributed by atoms with Crippen LogP contribution in [0.3, 0.4) is 0 Å². The lowest BCUT2D eigenvalue weighted by atomic mass is 9.96. The molecular formula is C13H19NO2. The molecule has 0 bridgehead atoms. The Balaban J connectivity index is 2.31. The lowest BCUT2D eigenvalue weighted by Crippen LogP contribution is -2.13. The second-order valence-electron chi connectivity index (χ2n) is 4.08. The van der Waals surface area contributed by atoms with Crippen molar-refractivity contribution in [3.63, 3.8) is 0 Å². The van der Waals surface area contributed by atoms with E-state index in [0.29, 0.717) is 0 Å². The van der Waals surface area contributed by atoms with Gasteiger partial charge in [-0.15, -0.1) is 0 Å². The Hall–Kier alpha value is -1.38. The van der Waals surface area contributed by atoms with E-state index >= 15 is 0 Å². The van der Waals surface area contributed by atoms with E-state index < -0.39 is 5.97 Å². The van der Waals surface area contributed by atoms with Crippen LogP contribution in [-0.2, 0) is 11.2 Å². The molecule has 3 nitrogen and oxygen atoms in total. The van der Waals surface area contributed by atoms with E-state index in [0.717, 1.165) is 32.1 Å². The molecule has 16 heavy (non-hydrogen) atoms. The maximum absolute atomic E-state index is 10.9. The SMILES string of the molecule is CCCC(CCCc1cccnc1)C(=O)O. The third-order valence-corrected chi connectivity index (χ3v) is 2.73. The highest BCUT2D eigenvalue weighted by Crippen LogP contribution is 2.15. The van der Waals surface area contributed by atoms with E-state index in [1.54, 1.807) is 6.20 Å². The lowest BCUT2D eigenvalue weighted by molar-refractivity contribution is -0.142. The number of rotatable bonds is 7. The maximum atomic E-state index is 10.9. The van der Waals surface area contributed by atoms with E-state index in [9.17, 15) is 4.79 Å². The summed E-state index contributed by atoms with van der Waals surface area (Å²) in [5.74, 6) is -0.838. The predicted molar refractivity (Wildman–Crippen MR) is 63.2 cm³/mol. The summed E-state index contributed by atoms with van der Waals surface area (Å²) >= 11 is 0. The lowest BCUT2D eigenvalue weighted by Gasteiger charge is -2.10. The zero-order valence-electron chi connectivity index (χ0n) is 9.72. The molecule has 0 aliphatic heterocycles. The Kier molecular flexibility index (Phi) is 5.54. The second-order valence-corrected chi connectivity index (χ2v) is 4.08. The Morgan fingerprint density at radius 1 is 1.50 bits per heavy atom. The van der Waals surface area contributed by atoms with Gasteiger partial charge in [0.2, 0.25) is 0 Å². The number of aliphatic carboxylic acids is 1. The fourth-order valence-corrected chi connectivity index (χ4v) is 1.84. The molecule has 0 fully saturated rings. The number of carboxylic acid groups (broad SMARTS) is 1. The van der Waals surface area contributed by atoms with Crippen molar-refractivity contribution in [2.24, 2.45) is 5.92 Å². The number of hydrogen-bond acceptors (Lipinski definition) is 2. The molecule has 1 aromatic rings. The molecule has 0 spiro atoms. The van der Waals surface area contributed by atoms with Crippen LogP contribution in [0.5, 0.6) is 0 Å². The van der Waals surface area contributed by atoms with Gasteiger partial charge in [-0.2, -0.15) is 0 Å². The fraction of sp³-hybridized carbons (Fsp3) is 0.538. The Morgan fingerprint density at radius 3 is 2.88 bits per heavy atom. The number of carbonyl (C=O) groups is 1. The van der Waals surface area contributed by atoms with Crippen molar-refractivity contribution in [2.45, 2.75) is 39.0 Å². The van der Waals surface area contributed by atoms with E-state index in [1.165, 1.54) is 5.56 Å². The largest absolute Gasteiger partial charge is 0.481 e. The van der Waals surface area contributed by atoms with Crippen molar-refractivity contribution >= 4 is 5.97 Å². The number of aromatic nitrogens is 1. The number of nitrogens with zero attached hydrogens (tertiary/aromatic N) is 1. The summed E-state index contributed by atoms with van der Waals surface area (Å²) < 4.78 is 0. The second kappa shape index (κ2) is 6.99. The molecule has 1 N–H and O–H groups in total. The monoisotopic (exact) mass is 221 g/mol. The number of carboxylic acids is 1. The van der Waals surface area contributed by atoms with Crippen LogP contribution in [0.15, 0.2) is 24.5 Å². The van der Waals surface area contributed by atoms with Gasteiger partial charge in [-0.1, -0.05) is 19.4 Å². The first-order valence-electron chi connectivity index (χ1n) is 5.85. The highest BCUT2D eigenvalue weighted by Gasteiger charge is 2.15. The summed E-state index contributed by atoms with van der Waals surface area (Å²) in [7, 11) is 0. The molecule has 0 saturated heterocycles. The van der Waals surface area contributed by atoms with Gasteiger partial charge in [0.1, 0.15) is 0 Å². The first-order chi connectivity index (χ1) is 7.74. The van der Waals surface area contributed by atoms with Crippen LogP contribution < -0.4 is 0 Å². The first-order valence-corrected chi connectivity index (χ1v) is 5.85. The highest BCUT2D eigenvalue weighted by molar-refractivity contribution is 5.69.